The van der Waals surface area contributed by atoms with Crippen LogP contribution in [-0.4, -0.2) is 42.1 Å². The van der Waals surface area contributed by atoms with Crippen LogP contribution in [0.1, 0.15) is 56.6 Å². The zero-order chi connectivity index (χ0) is 32.7. The second kappa shape index (κ2) is 13.3. The highest BCUT2D eigenvalue weighted by Crippen LogP contribution is 2.60. The summed E-state index contributed by atoms with van der Waals surface area (Å²) >= 11 is 10.9. The Kier molecular flexibility index (Phi) is 9.15. The molecule has 0 aromatic heterocycles. The van der Waals surface area contributed by atoms with Crippen molar-refractivity contribution in [3.05, 3.63) is 86.2 Å². The summed E-state index contributed by atoms with van der Waals surface area (Å²) in [5, 5.41) is 4.11. The van der Waals surface area contributed by atoms with Crippen LogP contribution in [0.2, 0.25) is 5.02 Å². The summed E-state index contributed by atoms with van der Waals surface area (Å²) in [4.78, 5) is 32.9. The first kappa shape index (κ1) is 32.3. The molecule has 1 saturated heterocycles. The fraction of sp³-hybridized carbons (Fsp3) is 0.378. The fourth-order valence-electron chi connectivity index (χ4n) is 8.29. The SMILES string of the molecule is CCN1C(=O)/C(=C\c2ccc(OCC(=O)Nc3ccc(C45CC6CC(CC(C6)C4)C5)cc3)c(OC)c2)SC1=Nc1ccc(Br)c(Cl)c1. The number of amides is 2. The van der Waals surface area contributed by atoms with Gasteiger partial charge < -0.3 is 14.8 Å². The largest absolute Gasteiger partial charge is 0.493 e. The Balaban J connectivity index is 0.981. The van der Waals surface area contributed by atoms with Gasteiger partial charge in [0, 0.05) is 16.7 Å². The number of ether oxygens (including phenoxy) is 2. The van der Waals surface area contributed by atoms with E-state index in [1.165, 1.54) is 55.9 Å². The van der Waals surface area contributed by atoms with Crippen molar-refractivity contribution in [2.45, 2.75) is 50.9 Å². The van der Waals surface area contributed by atoms with Crippen molar-refractivity contribution in [1.29, 1.82) is 0 Å². The molecule has 3 aromatic rings. The first-order valence-electron chi connectivity index (χ1n) is 16.2. The molecule has 8 rings (SSSR count). The van der Waals surface area contributed by atoms with Crippen LogP contribution in [0.4, 0.5) is 11.4 Å². The molecule has 0 radical (unpaired) electrons. The van der Waals surface area contributed by atoms with Crippen molar-refractivity contribution in [3.63, 3.8) is 0 Å². The van der Waals surface area contributed by atoms with Gasteiger partial charge in [-0.3, -0.25) is 14.5 Å². The highest BCUT2D eigenvalue weighted by molar-refractivity contribution is 9.10. The van der Waals surface area contributed by atoms with Gasteiger partial charge in [-0.2, -0.15) is 0 Å². The lowest BCUT2D eigenvalue weighted by atomic mass is 9.48. The van der Waals surface area contributed by atoms with E-state index in [0.29, 0.717) is 44.2 Å². The Hall–Kier alpha value is -3.27. The Labute approximate surface area is 293 Å². The number of thioether (sulfide) groups is 1. The number of amidine groups is 1. The lowest BCUT2D eigenvalue weighted by Gasteiger charge is -2.57. The van der Waals surface area contributed by atoms with Crippen LogP contribution in [0.15, 0.2) is 75.0 Å². The predicted molar refractivity (Wildman–Crippen MR) is 193 cm³/mol. The van der Waals surface area contributed by atoms with Gasteiger partial charge in [0.25, 0.3) is 11.8 Å². The highest BCUT2D eigenvalue weighted by atomic mass is 79.9. The molecule has 5 fully saturated rings. The first-order valence-corrected chi connectivity index (χ1v) is 18.2. The van der Waals surface area contributed by atoms with E-state index in [9.17, 15) is 9.59 Å². The molecule has 4 saturated carbocycles. The second-order valence-electron chi connectivity index (χ2n) is 13.2. The lowest BCUT2D eigenvalue weighted by Crippen LogP contribution is -2.48. The quantitative estimate of drug-likeness (QED) is 0.222. The number of carbonyl (C=O) groups is 2. The molecule has 0 atom stereocenters. The third kappa shape index (κ3) is 6.72. The molecular formula is C37H37BrClN3O4S. The van der Waals surface area contributed by atoms with Gasteiger partial charge in [0.05, 0.1) is 22.7 Å². The molecular weight excluding hydrogens is 698 g/mol. The molecule has 2 amide bonds. The highest BCUT2D eigenvalue weighted by Gasteiger charge is 2.51. The minimum atomic E-state index is -0.243. The number of nitrogens with one attached hydrogen (secondary N) is 1. The van der Waals surface area contributed by atoms with Gasteiger partial charge in [-0.05, 0) is 156 Å². The molecule has 47 heavy (non-hydrogen) atoms. The predicted octanol–water partition coefficient (Wildman–Crippen LogP) is 9.22. The number of rotatable bonds is 9. The Morgan fingerprint density at radius 2 is 1.74 bits per heavy atom. The summed E-state index contributed by atoms with van der Waals surface area (Å²) in [6.07, 6.45) is 10.0. The van der Waals surface area contributed by atoms with E-state index in [-0.39, 0.29) is 18.4 Å². The van der Waals surface area contributed by atoms with Crippen molar-refractivity contribution < 1.29 is 19.1 Å². The zero-order valence-electron chi connectivity index (χ0n) is 26.4. The fourth-order valence-corrected chi connectivity index (χ4v) is 9.78. The number of halogens is 2. The smallest absolute Gasteiger partial charge is 0.266 e. The molecule has 1 aliphatic heterocycles. The van der Waals surface area contributed by atoms with E-state index < -0.39 is 0 Å². The Bertz CT molecular complexity index is 1740. The Morgan fingerprint density at radius 1 is 1.04 bits per heavy atom. The van der Waals surface area contributed by atoms with Gasteiger partial charge in [0.1, 0.15) is 0 Å². The molecule has 10 heteroatoms. The molecule has 1 N–H and O–H groups in total. The van der Waals surface area contributed by atoms with Crippen LogP contribution in [0, 0.1) is 17.8 Å². The van der Waals surface area contributed by atoms with Crippen LogP contribution in [0.3, 0.4) is 0 Å². The van der Waals surface area contributed by atoms with E-state index in [4.69, 9.17) is 21.1 Å². The minimum Gasteiger partial charge on any atom is -0.493 e. The van der Waals surface area contributed by atoms with E-state index in [0.717, 1.165) is 33.5 Å². The molecule has 5 aliphatic rings. The molecule has 0 unspecified atom stereocenters. The van der Waals surface area contributed by atoms with Gasteiger partial charge in [-0.15, -0.1) is 0 Å². The number of nitrogens with zero attached hydrogens (tertiary/aromatic N) is 2. The minimum absolute atomic E-state index is 0.124. The number of anilines is 1. The lowest BCUT2D eigenvalue weighted by molar-refractivity contribution is -0.122. The van der Waals surface area contributed by atoms with Crippen molar-refractivity contribution in [2.75, 3.05) is 25.6 Å². The summed E-state index contributed by atoms with van der Waals surface area (Å²) in [7, 11) is 1.55. The summed E-state index contributed by atoms with van der Waals surface area (Å²) in [5.41, 5.74) is 3.96. The van der Waals surface area contributed by atoms with Crippen LogP contribution in [0.5, 0.6) is 11.5 Å². The summed E-state index contributed by atoms with van der Waals surface area (Å²) in [5.74, 6) is 3.23. The number of hydrogen-bond donors (Lipinski definition) is 1. The van der Waals surface area contributed by atoms with Gasteiger partial charge in [0.2, 0.25) is 0 Å². The topological polar surface area (TPSA) is 80.2 Å². The van der Waals surface area contributed by atoms with Gasteiger partial charge >= 0.3 is 0 Å². The van der Waals surface area contributed by atoms with Gasteiger partial charge in [-0.25, -0.2) is 4.99 Å². The average molecular weight is 735 g/mol. The van der Waals surface area contributed by atoms with Crippen LogP contribution in [0.25, 0.3) is 6.08 Å². The standard InChI is InChI=1S/C37H37BrClN3O4S/c1-3-42-35(44)33(47-36(42)41-28-9-10-29(38)30(39)17-28)16-22-4-11-31(32(15-22)45-2)46-21-34(43)40-27-7-5-26(6-8-27)37-18-23-12-24(19-37)14-25(13-23)20-37/h4-11,15-17,23-25H,3,12-14,18-21H2,1-2H3,(H,40,43)/b33-16+,41-36?. The normalized spacial score (nSPS) is 26.3. The van der Waals surface area contributed by atoms with E-state index in [2.05, 4.69) is 38.4 Å². The Morgan fingerprint density at radius 3 is 2.38 bits per heavy atom. The number of methoxy groups -OCH3 is 1. The first-order chi connectivity index (χ1) is 22.7. The van der Waals surface area contributed by atoms with E-state index in [1.54, 1.807) is 36.3 Å². The molecule has 7 nitrogen and oxygen atoms in total. The van der Waals surface area contributed by atoms with E-state index >= 15 is 0 Å². The van der Waals surface area contributed by atoms with Crippen molar-refractivity contribution in [1.82, 2.24) is 4.90 Å². The average Bonchev–Trinajstić information content (AvgIpc) is 3.34. The van der Waals surface area contributed by atoms with Gasteiger partial charge in [0.15, 0.2) is 23.3 Å². The molecule has 244 valence electrons. The molecule has 0 spiro atoms. The summed E-state index contributed by atoms with van der Waals surface area (Å²) in [6.45, 7) is 2.24. The molecule has 3 aromatic carbocycles. The van der Waals surface area contributed by atoms with Crippen LogP contribution in [-0.2, 0) is 15.0 Å². The van der Waals surface area contributed by atoms with Crippen LogP contribution < -0.4 is 14.8 Å². The van der Waals surface area contributed by atoms with E-state index in [1.807, 2.05) is 37.3 Å². The van der Waals surface area contributed by atoms with Crippen molar-refractivity contribution in [2.24, 2.45) is 22.7 Å². The number of likely N-dealkylation sites (N-methyl/N-ethyl adjacent to an activating group) is 1. The second-order valence-corrected chi connectivity index (χ2v) is 15.4. The van der Waals surface area contributed by atoms with Crippen LogP contribution >= 0.6 is 39.3 Å². The third-order valence-electron chi connectivity index (χ3n) is 10.00. The summed E-state index contributed by atoms with van der Waals surface area (Å²) < 4.78 is 12.2. The zero-order valence-corrected chi connectivity index (χ0v) is 29.6. The number of aliphatic imine (C=N–C) groups is 1. The van der Waals surface area contributed by atoms with Crippen molar-refractivity contribution in [3.8, 4) is 11.5 Å². The van der Waals surface area contributed by atoms with Gasteiger partial charge in [-0.1, -0.05) is 29.8 Å². The third-order valence-corrected chi connectivity index (χ3v) is 12.2. The molecule has 4 bridgehead atoms. The maximum Gasteiger partial charge on any atom is 0.266 e. The summed E-state index contributed by atoms with van der Waals surface area (Å²) in [6, 6.07) is 19.3. The monoisotopic (exact) mass is 733 g/mol. The molecule has 4 aliphatic carbocycles. The maximum absolute atomic E-state index is 13.2. The number of hydrogen-bond acceptors (Lipinski definition) is 6. The number of benzene rings is 3. The van der Waals surface area contributed by atoms with Crippen molar-refractivity contribution >= 4 is 73.7 Å². The maximum atomic E-state index is 13.2. The molecule has 1 heterocycles. The number of carbonyl (C=O) groups excluding carboxylic acids is 2.